The molecule has 1 saturated carbocycles. The molecule has 2 unspecified atom stereocenters. The van der Waals surface area contributed by atoms with Crippen LogP contribution in [0.3, 0.4) is 0 Å². The van der Waals surface area contributed by atoms with E-state index in [0.717, 1.165) is 19.3 Å². The lowest BCUT2D eigenvalue weighted by Gasteiger charge is -2.36. The van der Waals surface area contributed by atoms with Crippen molar-refractivity contribution in [3.63, 3.8) is 0 Å². The number of anilines is 1. The van der Waals surface area contributed by atoms with E-state index in [9.17, 15) is 4.79 Å². The molecule has 2 atom stereocenters. The van der Waals surface area contributed by atoms with Gasteiger partial charge in [0.2, 0.25) is 0 Å². The van der Waals surface area contributed by atoms with Crippen LogP contribution in [0.15, 0.2) is 12.1 Å². The van der Waals surface area contributed by atoms with E-state index < -0.39 is 0 Å². The largest absolute Gasteiger partial charge is 0.337 e. The number of rotatable bonds is 3. The van der Waals surface area contributed by atoms with Gasteiger partial charge in [0.05, 0.1) is 5.02 Å². The first-order valence-electron chi connectivity index (χ1n) is 6.95. The molecule has 3 N–H and O–H groups in total. The van der Waals surface area contributed by atoms with Gasteiger partial charge in [-0.15, -0.1) is 0 Å². The average molecular weight is 297 g/mol. The van der Waals surface area contributed by atoms with Gasteiger partial charge in [-0.25, -0.2) is 10.8 Å². The summed E-state index contributed by atoms with van der Waals surface area (Å²) in [4.78, 5) is 18.5. The quantitative estimate of drug-likeness (QED) is 0.664. The van der Waals surface area contributed by atoms with Crippen LogP contribution >= 0.6 is 11.6 Å². The van der Waals surface area contributed by atoms with Gasteiger partial charge < -0.3 is 10.3 Å². The summed E-state index contributed by atoms with van der Waals surface area (Å²) in [7, 11) is 1.83. The van der Waals surface area contributed by atoms with Crippen LogP contribution in [0.4, 0.5) is 5.82 Å². The Labute approximate surface area is 124 Å². The molecule has 1 fully saturated rings. The lowest BCUT2D eigenvalue weighted by Crippen LogP contribution is -2.43. The Morgan fingerprint density at radius 3 is 2.80 bits per heavy atom. The number of carbonyl (C=O) groups excluding carboxylic acids is 1. The molecule has 1 aromatic heterocycles. The topological polar surface area (TPSA) is 71.2 Å². The Morgan fingerprint density at radius 2 is 2.15 bits per heavy atom. The Balaban J connectivity index is 2.21. The summed E-state index contributed by atoms with van der Waals surface area (Å²) in [6, 6.07) is 3.53. The molecule has 6 heteroatoms. The first-order chi connectivity index (χ1) is 9.54. The minimum absolute atomic E-state index is 0.147. The standard InChI is InChI=1S/C14H21ClN4O/c1-9-5-3-4-6-11(9)19(2)14(20)13-10(15)7-8-12(17-13)18-16/h7-9,11H,3-6,16H2,1-2H3,(H,17,18). The third-order valence-corrected chi connectivity index (χ3v) is 4.39. The van der Waals surface area contributed by atoms with Gasteiger partial charge in [0.25, 0.3) is 5.91 Å². The van der Waals surface area contributed by atoms with E-state index in [0.29, 0.717) is 16.8 Å². The number of nitrogens with one attached hydrogen (secondary N) is 1. The molecule has 1 aliphatic carbocycles. The monoisotopic (exact) mass is 296 g/mol. The van der Waals surface area contributed by atoms with E-state index in [1.165, 1.54) is 6.42 Å². The molecular weight excluding hydrogens is 276 g/mol. The molecule has 1 amide bonds. The highest BCUT2D eigenvalue weighted by Crippen LogP contribution is 2.29. The SMILES string of the molecule is CC1CCCCC1N(C)C(=O)c1nc(NN)ccc1Cl. The van der Waals surface area contributed by atoms with Crippen LogP contribution in [0.1, 0.15) is 43.1 Å². The number of aromatic nitrogens is 1. The van der Waals surface area contributed by atoms with Crippen LogP contribution in [0.5, 0.6) is 0 Å². The Morgan fingerprint density at radius 1 is 1.45 bits per heavy atom. The number of amides is 1. The van der Waals surface area contributed by atoms with Gasteiger partial charge in [-0.1, -0.05) is 31.4 Å². The van der Waals surface area contributed by atoms with Gasteiger partial charge in [0.1, 0.15) is 11.5 Å². The first kappa shape index (κ1) is 15.1. The molecule has 0 aromatic carbocycles. The van der Waals surface area contributed by atoms with Crippen molar-refractivity contribution in [3.05, 3.63) is 22.8 Å². The first-order valence-corrected chi connectivity index (χ1v) is 7.32. The summed E-state index contributed by atoms with van der Waals surface area (Å²) in [6.45, 7) is 2.19. The fourth-order valence-electron chi connectivity index (χ4n) is 2.86. The van der Waals surface area contributed by atoms with Crippen molar-refractivity contribution in [2.45, 2.75) is 38.6 Å². The smallest absolute Gasteiger partial charge is 0.274 e. The van der Waals surface area contributed by atoms with E-state index in [4.69, 9.17) is 17.4 Å². The molecule has 1 aromatic rings. The molecule has 20 heavy (non-hydrogen) atoms. The van der Waals surface area contributed by atoms with Crippen molar-refractivity contribution in [2.24, 2.45) is 11.8 Å². The third-order valence-electron chi connectivity index (χ3n) is 4.08. The molecule has 0 bridgehead atoms. The molecule has 110 valence electrons. The number of carbonyl (C=O) groups is 1. The third kappa shape index (κ3) is 3.04. The fourth-order valence-corrected chi connectivity index (χ4v) is 3.05. The summed E-state index contributed by atoms with van der Waals surface area (Å²) < 4.78 is 0. The second-order valence-electron chi connectivity index (χ2n) is 5.42. The normalized spacial score (nSPS) is 22.4. The predicted molar refractivity (Wildman–Crippen MR) is 80.6 cm³/mol. The van der Waals surface area contributed by atoms with Crippen molar-refractivity contribution < 1.29 is 4.79 Å². The number of nitrogen functional groups attached to an aromatic ring is 1. The summed E-state index contributed by atoms with van der Waals surface area (Å²) in [5.74, 6) is 6.12. The highest BCUT2D eigenvalue weighted by molar-refractivity contribution is 6.33. The van der Waals surface area contributed by atoms with Gasteiger partial charge in [-0.05, 0) is 30.9 Å². The number of nitrogens with two attached hydrogens (primary N) is 1. The molecule has 1 heterocycles. The van der Waals surface area contributed by atoms with Crippen molar-refractivity contribution in [3.8, 4) is 0 Å². The molecule has 0 radical (unpaired) electrons. The van der Waals surface area contributed by atoms with Gasteiger partial charge in [0.15, 0.2) is 0 Å². The lowest BCUT2D eigenvalue weighted by atomic mass is 9.85. The Bertz CT molecular complexity index is 494. The second-order valence-corrected chi connectivity index (χ2v) is 5.82. The molecule has 0 aliphatic heterocycles. The molecule has 0 saturated heterocycles. The zero-order valence-corrected chi connectivity index (χ0v) is 12.7. The van der Waals surface area contributed by atoms with Gasteiger partial charge in [-0.3, -0.25) is 4.79 Å². The van der Waals surface area contributed by atoms with Crippen molar-refractivity contribution in [1.82, 2.24) is 9.88 Å². The molecule has 0 spiro atoms. The van der Waals surface area contributed by atoms with Crippen LogP contribution in [0, 0.1) is 5.92 Å². The Hall–Kier alpha value is -1.33. The van der Waals surface area contributed by atoms with Gasteiger partial charge in [-0.2, -0.15) is 0 Å². The van der Waals surface area contributed by atoms with E-state index in [2.05, 4.69) is 17.3 Å². The van der Waals surface area contributed by atoms with Crippen LogP contribution in [0.2, 0.25) is 5.02 Å². The number of hydrogen-bond donors (Lipinski definition) is 2. The fraction of sp³-hybridized carbons (Fsp3) is 0.571. The summed E-state index contributed by atoms with van der Waals surface area (Å²) in [5, 5.41) is 0.351. The average Bonchev–Trinajstić information content (AvgIpc) is 2.47. The van der Waals surface area contributed by atoms with Crippen LogP contribution in [0.25, 0.3) is 0 Å². The summed E-state index contributed by atoms with van der Waals surface area (Å²) in [5.41, 5.74) is 2.69. The maximum atomic E-state index is 12.6. The van der Waals surface area contributed by atoms with Crippen LogP contribution in [-0.2, 0) is 0 Å². The zero-order chi connectivity index (χ0) is 14.7. The van der Waals surface area contributed by atoms with E-state index >= 15 is 0 Å². The number of hydrogen-bond acceptors (Lipinski definition) is 4. The second kappa shape index (κ2) is 6.41. The van der Waals surface area contributed by atoms with Gasteiger partial charge in [0, 0.05) is 13.1 Å². The van der Waals surface area contributed by atoms with E-state index in [-0.39, 0.29) is 17.6 Å². The minimum Gasteiger partial charge on any atom is -0.337 e. The van der Waals surface area contributed by atoms with E-state index in [1.807, 2.05) is 7.05 Å². The number of pyridine rings is 1. The minimum atomic E-state index is -0.147. The number of halogens is 1. The predicted octanol–water partition coefficient (Wildman–Crippen LogP) is 2.67. The maximum absolute atomic E-state index is 12.6. The molecule has 1 aliphatic rings. The van der Waals surface area contributed by atoms with Crippen LogP contribution < -0.4 is 11.3 Å². The number of nitrogens with zero attached hydrogens (tertiary/aromatic N) is 2. The van der Waals surface area contributed by atoms with Crippen molar-refractivity contribution in [2.75, 3.05) is 12.5 Å². The number of hydrazine groups is 1. The molecular formula is C14H21ClN4O. The molecule has 2 rings (SSSR count). The van der Waals surface area contributed by atoms with Crippen LogP contribution in [-0.4, -0.2) is 28.9 Å². The lowest BCUT2D eigenvalue weighted by molar-refractivity contribution is 0.0623. The summed E-state index contributed by atoms with van der Waals surface area (Å²) in [6.07, 6.45) is 4.60. The Kier molecular flexibility index (Phi) is 4.83. The molecule has 5 nitrogen and oxygen atoms in total. The van der Waals surface area contributed by atoms with Crippen molar-refractivity contribution >= 4 is 23.3 Å². The highest BCUT2D eigenvalue weighted by atomic mass is 35.5. The highest BCUT2D eigenvalue weighted by Gasteiger charge is 2.29. The maximum Gasteiger partial charge on any atom is 0.274 e. The van der Waals surface area contributed by atoms with E-state index in [1.54, 1.807) is 17.0 Å². The summed E-state index contributed by atoms with van der Waals surface area (Å²) >= 11 is 6.09. The van der Waals surface area contributed by atoms with Crippen molar-refractivity contribution in [1.29, 1.82) is 0 Å². The van der Waals surface area contributed by atoms with Gasteiger partial charge >= 0.3 is 0 Å². The zero-order valence-electron chi connectivity index (χ0n) is 11.9.